The van der Waals surface area contributed by atoms with E-state index in [0.717, 1.165) is 25.7 Å². The SMILES string of the molecule is CCN(CC)CCCNC(=O)c1nn2c(C(F)(F)F)cc(-c3ccc(OC)c(OC)c3)nc2c1Cl. The van der Waals surface area contributed by atoms with Crippen LogP contribution in [0.1, 0.15) is 36.5 Å². The summed E-state index contributed by atoms with van der Waals surface area (Å²) in [6.07, 6.45) is -4.10. The van der Waals surface area contributed by atoms with E-state index in [4.69, 9.17) is 21.1 Å². The number of hydrogen-bond acceptors (Lipinski definition) is 6. The Morgan fingerprint density at radius 3 is 2.43 bits per heavy atom. The highest BCUT2D eigenvalue weighted by atomic mass is 35.5. The van der Waals surface area contributed by atoms with Gasteiger partial charge in [0.25, 0.3) is 5.91 Å². The smallest absolute Gasteiger partial charge is 0.433 e. The quantitative estimate of drug-likeness (QED) is 0.401. The maximum Gasteiger partial charge on any atom is 0.433 e. The number of nitrogens with zero attached hydrogens (tertiary/aromatic N) is 4. The van der Waals surface area contributed by atoms with Crippen LogP contribution in [-0.4, -0.2) is 65.8 Å². The molecule has 2 heterocycles. The van der Waals surface area contributed by atoms with Crippen molar-refractivity contribution >= 4 is 23.2 Å². The molecule has 0 fully saturated rings. The van der Waals surface area contributed by atoms with E-state index >= 15 is 0 Å². The summed E-state index contributed by atoms with van der Waals surface area (Å²) in [6.45, 7) is 6.96. The van der Waals surface area contributed by atoms with Crippen LogP contribution in [0, 0.1) is 0 Å². The number of fused-ring (bicyclic) bond motifs is 1. The minimum absolute atomic E-state index is 0.0150. The molecule has 0 aliphatic heterocycles. The summed E-state index contributed by atoms with van der Waals surface area (Å²) in [5, 5.41) is 6.26. The fourth-order valence-electron chi connectivity index (χ4n) is 3.61. The van der Waals surface area contributed by atoms with Crippen LogP contribution in [0.25, 0.3) is 16.9 Å². The van der Waals surface area contributed by atoms with Crippen molar-refractivity contribution in [1.29, 1.82) is 0 Å². The van der Waals surface area contributed by atoms with Crippen molar-refractivity contribution in [2.75, 3.05) is 40.4 Å². The zero-order valence-electron chi connectivity index (χ0n) is 19.9. The fraction of sp³-hybridized carbons (Fsp3) is 0.435. The predicted octanol–water partition coefficient (Wildman–Crippen LogP) is 4.55. The molecule has 0 radical (unpaired) electrons. The molecule has 0 saturated heterocycles. The zero-order valence-corrected chi connectivity index (χ0v) is 20.6. The average Bonchev–Trinajstić information content (AvgIpc) is 3.18. The molecule has 3 rings (SSSR count). The van der Waals surface area contributed by atoms with Crippen molar-refractivity contribution in [1.82, 2.24) is 24.8 Å². The van der Waals surface area contributed by atoms with E-state index < -0.39 is 17.8 Å². The average molecular weight is 514 g/mol. The number of rotatable bonds is 10. The van der Waals surface area contributed by atoms with Crippen LogP contribution >= 0.6 is 11.6 Å². The van der Waals surface area contributed by atoms with Gasteiger partial charge in [0, 0.05) is 12.1 Å². The number of halogens is 4. The molecule has 2 aromatic heterocycles. The van der Waals surface area contributed by atoms with Crippen LogP contribution in [0.3, 0.4) is 0 Å². The molecule has 1 amide bonds. The lowest BCUT2D eigenvalue weighted by Crippen LogP contribution is -2.30. The summed E-state index contributed by atoms with van der Waals surface area (Å²) < 4.78 is 52.8. The minimum Gasteiger partial charge on any atom is -0.493 e. The second kappa shape index (κ2) is 11.1. The number of amides is 1. The number of methoxy groups -OCH3 is 2. The van der Waals surface area contributed by atoms with Gasteiger partial charge in [-0.15, -0.1) is 0 Å². The van der Waals surface area contributed by atoms with Crippen LogP contribution in [0.2, 0.25) is 5.02 Å². The first-order valence-corrected chi connectivity index (χ1v) is 11.4. The maximum atomic E-state index is 13.9. The predicted molar refractivity (Wildman–Crippen MR) is 126 cm³/mol. The number of carbonyl (C=O) groups excluding carboxylic acids is 1. The van der Waals surface area contributed by atoms with E-state index in [1.165, 1.54) is 20.3 Å². The maximum absolute atomic E-state index is 13.9. The van der Waals surface area contributed by atoms with Gasteiger partial charge in [0.15, 0.2) is 28.5 Å². The highest BCUT2D eigenvalue weighted by Gasteiger charge is 2.36. The van der Waals surface area contributed by atoms with Gasteiger partial charge in [0.05, 0.1) is 19.9 Å². The molecular formula is C23H27ClF3N5O3. The van der Waals surface area contributed by atoms with Crippen LogP contribution in [0.15, 0.2) is 24.3 Å². The van der Waals surface area contributed by atoms with Crippen LogP contribution in [0.5, 0.6) is 11.5 Å². The number of aromatic nitrogens is 3. The van der Waals surface area contributed by atoms with Gasteiger partial charge in [-0.1, -0.05) is 25.4 Å². The normalized spacial score (nSPS) is 11.8. The number of alkyl halides is 3. The van der Waals surface area contributed by atoms with E-state index in [0.29, 0.717) is 34.5 Å². The van der Waals surface area contributed by atoms with Crippen LogP contribution in [0.4, 0.5) is 13.2 Å². The van der Waals surface area contributed by atoms with E-state index in [9.17, 15) is 18.0 Å². The van der Waals surface area contributed by atoms with Crippen molar-refractivity contribution in [2.24, 2.45) is 0 Å². The Morgan fingerprint density at radius 1 is 1.14 bits per heavy atom. The lowest BCUT2D eigenvalue weighted by molar-refractivity contribution is -0.142. The summed E-state index contributed by atoms with van der Waals surface area (Å²) in [4.78, 5) is 19.1. The van der Waals surface area contributed by atoms with Gasteiger partial charge in [-0.25, -0.2) is 9.50 Å². The summed E-state index contributed by atoms with van der Waals surface area (Å²) >= 11 is 6.32. The minimum atomic E-state index is -4.78. The molecule has 0 spiro atoms. The van der Waals surface area contributed by atoms with Crippen molar-refractivity contribution in [3.05, 3.63) is 40.7 Å². The molecule has 1 aromatic carbocycles. The van der Waals surface area contributed by atoms with E-state index in [2.05, 4.69) is 20.3 Å². The van der Waals surface area contributed by atoms with Gasteiger partial charge in [-0.05, 0) is 50.3 Å². The Bertz CT molecular complexity index is 1200. The Kier molecular flexibility index (Phi) is 8.44. The van der Waals surface area contributed by atoms with Crippen molar-refractivity contribution in [3.63, 3.8) is 0 Å². The number of carbonyl (C=O) groups is 1. The first kappa shape index (κ1) is 26.6. The third-order valence-corrected chi connectivity index (χ3v) is 5.90. The zero-order chi connectivity index (χ0) is 25.8. The molecule has 190 valence electrons. The Balaban J connectivity index is 1.98. The van der Waals surface area contributed by atoms with Gasteiger partial charge in [-0.2, -0.15) is 18.3 Å². The molecule has 1 N–H and O–H groups in total. The molecule has 8 nitrogen and oxygen atoms in total. The Morgan fingerprint density at radius 2 is 1.83 bits per heavy atom. The lowest BCUT2D eigenvalue weighted by atomic mass is 10.1. The molecule has 3 aromatic rings. The van der Waals surface area contributed by atoms with Crippen LogP contribution in [-0.2, 0) is 6.18 Å². The highest BCUT2D eigenvalue weighted by molar-refractivity contribution is 6.36. The third kappa shape index (κ3) is 5.79. The summed E-state index contributed by atoms with van der Waals surface area (Å²) in [6, 6.07) is 5.46. The Hall–Kier alpha value is -3.05. The van der Waals surface area contributed by atoms with Crippen molar-refractivity contribution in [3.8, 4) is 22.8 Å². The van der Waals surface area contributed by atoms with Crippen molar-refractivity contribution in [2.45, 2.75) is 26.4 Å². The van der Waals surface area contributed by atoms with Gasteiger partial charge in [0.1, 0.15) is 5.02 Å². The second-order valence-electron chi connectivity index (χ2n) is 7.63. The standard InChI is InChI=1S/C23H27ClF3N5O3/c1-5-31(6-2)11-7-10-28-22(33)20-19(24)21-29-15(13-18(23(25,26)27)32(21)30-20)14-8-9-16(34-3)17(12-14)35-4/h8-9,12-13H,5-7,10-11H2,1-4H3,(H,28,33). The topological polar surface area (TPSA) is 81.0 Å². The number of benzene rings is 1. The lowest BCUT2D eigenvalue weighted by Gasteiger charge is -2.17. The summed E-state index contributed by atoms with van der Waals surface area (Å²) in [5.74, 6) is 0.0705. The number of hydrogen-bond donors (Lipinski definition) is 1. The van der Waals surface area contributed by atoms with E-state index in [1.807, 2.05) is 13.8 Å². The fourth-order valence-corrected chi connectivity index (χ4v) is 3.86. The highest BCUT2D eigenvalue weighted by Crippen LogP contribution is 2.37. The molecular weight excluding hydrogens is 487 g/mol. The molecule has 0 aliphatic rings. The largest absolute Gasteiger partial charge is 0.493 e. The third-order valence-electron chi connectivity index (χ3n) is 5.55. The molecule has 0 unspecified atom stereocenters. The second-order valence-corrected chi connectivity index (χ2v) is 8.01. The van der Waals surface area contributed by atoms with Gasteiger partial charge in [-0.3, -0.25) is 4.79 Å². The summed E-state index contributed by atoms with van der Waals surface area (Å²) in [7, 11) is 2.87. The molecule has 0 aliphatic carbocycles. The van der Waals surface area contributed by atoms with E-state index in [1.54, 1.807) is 12.1 Å². The Labute approximate surface area is 206 Å². The number of ether oxygens (including phenoxy) is 2. The number of nitrogens with one attached hydrogen (secondary N) is 1. The van der Waals surface area contributed by atoms with Gasteiger partial charge < -0.3 is 19.7 Å². The molecule has 0 bridgehead atoms. The molecule has 0 saturated carbocycles. The van der Waals surface area contributed by atoms with E-state index in [-0.39, 0.29) is 22.1 Å². The molecule has 0 atom stereocenters. The van der Waals surface area contributed by atoms with Gasteiger partial charge in [0.2, 0.25) is 0 Å². The van der Waals surface area contributed by atoms with Gasteiger partial charge >= 0.3 is 6.18 Å². The summed E-state index contributed by atoms with van der Waals surface area (Å²) in [5.41, 5.74) is -1.39. The monoisotopic (exact) mass is 513 g/mol. The molecule has 35 heavy (non-hydrogen) atoms. The molecule has 12 heteroatoms. The first-order chi connectivity index (χ1) is 16.6. The van der Waals surface area contributed by atoms with Crippen LogP contribution < -0.4 is 14.8 Å². The van der Waals surface area contributed by atoms with Crippen molar-refractivity contribution < 1.29 is 27.4 Å². The first-order valence-electron chi connectivity index (χ1n) is 11.0.